The highest BCUT2D eigenvalue weighted by molar-refractivity contribution is 7.89. The minimum absolute atomic E-state index is 0.0192. The third-order valence-corrected chi connectivity index (χ3v) is 4.66. The lowest BCUT2D eigenvalue weighted by molar-refractivity contribution is -0.137. The van der Waals surface area contributed by atoms with Gasteiger partial charge < -0.3 is 9.84 Å². The van der Waals surface area contributed by atoms with Crippen LogP contribution in [0.15, 0.2) is 0 Å². The van der Waals surface area contributed by atoms with Crippen molar-refractivity contribution in [2.24, 2.45) is 0 Å². The molecule has 7 heteroatoms. The van der Waals surface area contributed by atoms with Gasteiger partial charge >= 0.3 is 5.97 Å². The fourth-order valence-electron chi connectivity index (χ4n) is 1.75. The van der Waals surface area contributed by atoms with Crippen molar-refractivity contribution in [2.45, 2.75) is 31.8 Å². The van der Waals surface area contributed by atoms with Gasteiger partial charge in [0.05, 0.1) is 11.9 Å². The fourth-order valence-corrected chi connectivity index (χ4v) is 2.96. The molecule has 17 heavy (non-hydrogen) atoms. The Bertz CT molecular complexity index is 348. The molecule has 0 aromatic carbocycles. The van der Waals surface area contributed by atoms with Crippen LogP contribution in [0.5, 0.6) is 0 Å². The molecule has 1 saturated heterocycles. The Morgan fingerprint density at radius 1 is 1.53 bits per heavy atom. The Hall–Kier alpha value is -0.660. The van der Waals surface area contributed by atoms with E-state index in [1.54, 1.807) is 0 Å². The second-order valence-electron chi connectivity index (χ2n) is 4.23. The van der Waals surface area contributed by atoms with E-state index in [9.17, 15) is 13.2 Å². The Balaban J connectivity index is 2.36. The molecule has 0 aromatic rings. The van der Waals surface area contributed by atoms with Crippen LogP contribution in [0.3, 0.4) is 0 Å². The molecule has 1 rings (SSSR count). The number of rotatable bonds is 7. The molecule has 0 aromatic heterocycles. The zero-order chi connectivity index (χ0) is 12.9. The van der Waals surface area contributed by atoms with E-state index in [0.29, 0.717) is 13.2 Å². The Morgan fingerprint density at radius 2 is 2.24 bits per heavy atom. The van der Waals surface area contributed by atoms with Crippen LogP contribution in [0, 0.1) is 0 Å². The standard InChI is InChI=1S/C10H19NO5S/c1-11(8-9-4-2-6-16-9)17(14,15)7-3-5-10(12)13/h9H,2-8H2,1H3,(H,12,13). The van der Waals surface area contributed by atoms with Crippen LogP contribution in [-0.2, 0) is 19.6 Å². The van der Waals surface area contributed by atoms with Gasteiger partial charge in [-0.3, -0.25) is 4.79 Å². The Morgan fingerprint density at radius 3 is 2.76 bits per heavy atom. The summed E-state index contributed by atoms with van der Waals surface area (Å²) in [6, 6.07) is 0. The minimum Gasteiger partial charge on any atom is -0.481 e. The molecule has 0 bridgehead atoms. The summed E-state index contributed by atoms with van der Waals surface area (Å²) in [5.41, 5.74) is 0. The zero-order valence-corrected chi connectivity index (χ0v) is 10.8. The highest BCUT2D eigenvalue weighted by Crippen LogP contribution is 2.14. The van der Waals surface area contributed by atoms with Crippen molar-refractivity contribution in [3.8, 4) is 0 Å². The monoisotopic (exact) mass is 265 g/mol. The number of likely N-dealkylation sites (N-methyl/N-ethyl adjacent to an activating group) is 1. The maximum atomic E-state index is 11.8. The Labute approximate surface area is 102 Å². The third kappa shape index (κ3) is 5.01. The number of sulfonamides is 1. The molecule has 1 unspecified atom stereocenters. The van der Waals surface area contributed by atoms with Crippen molar-refractivity contribution >= 4 is 16.0 Å². The fraction of sp³-hybridized carbons (Fsp3) is 0.900. The summed E-state index contributed by atoms with van der Waals surface area (Å²) >= 11 is 0. The van der Waals surface area contributed by atoms with Gasteiger partial charge in [0.15, 0.2) is 0 Å². The van der Waals surface area contributed by atoms with Gasteiger partial charge in [-0.15, -0.1) is 0 Å². The van der Waals surface area contributed by atoms with Gasteiger partial charge in [-0.1, -0.05) is 0 Å². The summed E-state index contributed by atoms with van der Waals surface area (Å²) in [5, 5.41) is 8.45. The van der Waals surface area contributed by atoms with Gasteiger partial charge in [-0.2, -0.15) is 0 Å². The van der Waals surface area contributed by atoms with E-state index >= 15 is 0 Å². The summed E-state index contributed by atoms with van der Waals surface area (Å²) in [6.45, 7) is 1.05. The maximum absolute atomic E-state index is 11.8. The molecule has 1 aliphatic heterocycles. The summed E-state index contributed by atoms with van der Waals surface area (Å²) in [7, 11) is -1.84. The average Bonchev–Trinajstić information content (AvgIpc) is 2.69. The molecule has 0 spiro atoms. The molecule has 1 heterocycles. The summed E-state index contributed by atoms with van der Waals surface area (Å²) in [5.74, 6) is -1.09. The lowest BCUT2D eigenvalue weighted by Crippen LogP contribution is -2.35. The first-order valence-electron chi connectivity index (χ1n) is 5.69. The normalized spacial score (nSPS) is 20.9. The molecule has 6 nitrogen and oxygen atoms in total. The number of carbonyl (C=O) groups is 1. The first-order chi connectivity index (χ1) is 7.92. The molecular weight excluding hydrogens is 246 g/mol. The van der Waals surface area contributed by atoms with E-state index in [-0.39, 0.29) is 24.7 Å². The Kier molecular flexibility index (Phi) is 5.35. The summed E-state index contributed by atoms with van der Waals surface area (Å²) < 4.78 is 30.2. The van der Waals surface area contributed by atoms with E-state index < -0.39 is 16.0 Å². The van der Waals surface area contributed by atoms with Gasteiger partial charge in [0.1, 0.15) is 0 Å². The average molecular weight is 265 g/mol. The topological polar surface area (TPSA) is 83.9 Å². The quantitative estimate of drug-likeness (QED) is 0.715. The van der Waals surface area contributed by atoms with E-state index in [4.69, 9.17) is 9.84 Å². The van der Waals surface area contributed by atoms with Crippen molar-refractivity contribution in [1.29, 1.82) is 0 Å². The van der Waals surface area contributed by atoms with Crippen LogP contribution < -0.4 is 0 Å². The minimum atomic E-state index is -3.35. The highest BCUT2D eigenvalue weighted by Gasteiger charge is 2.24. The molecule has 1 aliphatic rings. The first-order valence-corrected chi connectivity index (χ1v) is 7.30. The van der Waals surface area contributed by atoms with Gasteiger partial charge in [0.2, 0.25) is 10.0 Å². The summed E-state index contributed by atoms with van der Waals surface area (Å²) in [4.78, 5) is 10.3. The number of nitrogens with zero attached hydrogens (tertiary/aromatic N) is 1. The number of carboxylic acid groups (broad SMARTS) is 1. The number of carboxylic acids is 1. The van der Waals surface area contributed by atoms with E-state index in [0.717, 1.165) is 12.8 Å². The number of aliphatic carboxylic acids is 1. The number of hydrogen-bond acceptors (Lipinski definition) is 4. The van der Waals surface area contributed by atoms with Crippen molar-refractivity contribution in [3.05, 3.63) is 0 Å². The van der Waals surface area contributed by atoms with Crippen LogP contribution in [0.4, 0.5) is 0 Å². The zero-order valence-electron chi connectivity index (χ0n) is 9.96. The molecule has 1 atom stereocenters. The molecule has 1 fully saturated rings. The van der Waals surface area contributed by atoms with Crippen LogP contribution in [0.25, 0.3) is 0 Å². The highest BCUT2D eigenvalue weighted by atomic mass is 32.2. The van der Waals surface area contributed by atoms with Crippen molar-refractivity contribution in [3.63, 3.8) is 0 Å². The molecular formula is C10H19NO5S. The molecule has 0 amide bonds. The SMILES string of the molecule is CN(CC1CCCO1)S(=O)(=O)CCCC(=O)O. The van der Waals surface area contributed by atoms with E-state index in [1.807, 2.05) is 0 Å². The van der Waals surface area contributed by atoms with Crippen LogP contribution in [-0.4, -0.2) is 55.9 Å². The maximum Gasteiger partial charge on any atom is 0.303 e. The molecule has 0 saturated carbocycles. The predicted octanol–water partition coefficient (Wildman–Crippen LogP) is 0.292. The molecule has 100 valence electrons. The molecule has 0 aliphatic carbocycles. The summed E-state index contributed by atoms with van der Waals surface area (Å²) in [6.07, 6.45) is 1.86. The van der Waals surface area contributed by atoms with Crippen LogP contribution >= 0.6 is 0 Å². The van der Waals surface area contributed by atoms with Crippen molar-refractivity contribution in [2.75, 3.05) is 26.0 Å². The van der Waals surface area contributed by atoms with Crippen LogP contribution in [0.2, 0.25) is 0 Å². The van der Waals surface area contributed by atoms with Gasteiger partial charge in [0, 0.05) is 26.6 Å². The second-order valence-corrected chi connectivity index (χ2v) is 6.42. The van der Waals surface area contributed by atoms with Gasteiger partial charge in [-0.05, 0) is 19.3 Å². The van der Waals surface area contributed by atoms with Crippen molar-refractivity contribution < 1.29 is 23.1 Å². The largest absolute Gasteiger partial charge is 0.481 e. The first kappa shape index (κ1) is 14.4. The van der Waals surface area contributed by atoms with Crippen molar-refractivity contribution in [1.82, 2.24) is 4.31 Å². The number of hydrogen-bond donors (Lipinski definition) is 1. The number of ether oxygens (including phenoxy) is 1. The van der Waals surface area contributed by atoms with E-state index in [1.165, 1.54) is 11.4 Å². The lowest BCUT2D eigenvalue weighted by atomic mass is 10.2. The van der Waals surface area contributed by atoms with Gasteiger partial charge in [-0.25, -0.2) is 12.7 Å². The van der Waals surface area contributed by atoms with E-state index in [2.05, 4.69) is 0 Å². The lowest BCUT2D eigenvalue weighted by Gasteiger charge is -2.20. The molecule has 1 N–H and O–H groups in total. The second kappa shape index (κ2) is 6.32. The van der Waals surface area contributed by atoms with Crippen LogP contribution in [0.1, 0.15) is 25.7 Å². The molecule has 0 radical (unpaired) electrons. The predicted molar refractivity (Wildman–Crippen MR) is 62.3 cm³/mol. The van der Waals surface area contributed by atoms with Gasteiger partial charge in [0.25, 0.3) is 0 Å². The smallest absolute Gasteiger partial charge is 0.303 e. The third-order valence-electron chi connectivity index (χ3n) is 2.75.